The topological polar surface area (TPSA) is 93.9 Å². The number of aromatic nitrogens is 2. The number of hydrogen-bond donors (Lipinski definition) is 1. The van der Waals surface area contributed by atoms with Crippen LogP contribution in [0.5, 0.6) is 0 Å². The molecule has 0 radical (unpaired) electrons. The Morgan fingerprint density at radius 1 is 1.14 bits per heavy atom. The molecular weight excluding hydrogens is 380 g/mol. The molecule has 28 heavy (non-hydrogen) atoms. The van der Waals surface area contributed by atoms with Gasteiger partial charge in [-0.1, -0.05) is 17.7 Å². The minimum Gasteiger partial charge on any atom is -0.459 e. The fourth-order valence-electron chi connectivity index (χ4n) is 3.49. The van der Waals surface area contributed by atoms with Crippen LogP contribution in [0.25, 0.3) is 11.7 Å². The smallest absolute Gasteiger partial charge is 0.283 e. The molecule has 0 saturated carbocycles. The van der Waals surface area contributed by atoms with Crippen LogP contribution in [-0.4, -0.2) is 49.1 Å². The molecule has 1 N–H and O–H groups in total. The highest BCUT2D eigenvalue weighted by Gasteiger charge is 2.32. The van der Waals surface area contributed by atoms with Gasteiger partial charge in [0.2, 0.25) is 10.0 Å². The lowest BCUT2D eigenvalue weighted by atomic mass is 10.2. The lowest BCUT2D eigenvalue weighted by molar-refractivity contribution is -0.918. The number of quaternary nitrogens is 1. The number of rotatable bonds is 5. The molecule has 1 aromatic carbocycles. The van der Waals surface area contributed by atoms with Gasteiger partial charge in [-0.15, -0.1) is 10.2 Å². The quantitative estimate of drug-likeness (QED) is 0.684. The van der Waals surface area contributed by atoms with E-state index in [2.05, 4.69) is 10.2 Å². The summed E-state index contributed by atoms with van der Waals surface area (Å²) in [6.45, 7) is 6.65. The number of aryl methyl sites for hydroxylation is 2. The van der Waals surface area contributed by atoms with Gasteiger partial charge in [-0.3, -0.25) is 0 Å². The highest BCUT2D eigenvalue weighted by atomic mass is 32.2. The third kappa shape index (κ3) is 3.73. The van der Waals surface area contributed by atoms with Gasteiger partial charge in [0.05, 0.1) is 37.3 Å². The highest BCUT2D eigenvalue weighted by molar-refractivity contribution is 7.89. The molecular formula is C19H23N4O4S+. The van der Waals surface area contributed by atoms with Crippen LogP contribution in [0.1, 0.15) is 17.0 Å². The molecule has 0 amide bonds. The molecule has 1 aliphatic heterocycles. The van der Waals surface area contributed by atoms with E-state index in [9.17, 15) is 8.42 Å². The third-order valence-electron chi connectivity index (χ3n) is 4.98. The Morgan fingerprint density at radius 2 is 1.93 bits per heavy atom. The van der Waals surface area contributed by atoms with Gasteiger partial charge in [0, 0.05) is 0 Å². The first kappa shape index (κ1) is 18.9. The van der Waals surface area contributed by atoms with Crippen molar-refractivity contribution < 1.29 is 22.2 Å². The van der Waals surface area contributed by atoms with Gasteiger partial charge in [-0.05, 0) is 37.6 Å². The molecule has 9 heteroatoms. The van der Waals surface area contributed by atoms with Gasteiger partial charge in [0.25, 0.3) is 11.8 Å². The molecule has 8 nitrogen and oxygen atoms in total. The van der Waals surface area contributed by atoms with E-state index in [1.165, 1.54) is 4.90 Å². The summed E-state index contributed by atoms with van der Waals surface area (Å²) in [6.07, 6.45) is 1.56. The van der Waals surface area contributed by atoms with E-state index in [1.807, 2.05) is 26.0 Å². The second-order valence-electron chi connectivity index (χ2n) is 7.08. The molecule has 1 aliphatic rings. The van der Waals surface area contributed by atoms with Crippen molar-refractivity contribution in [2.24, 2.45) is 0 Å². The predicted octanol–water partition coefficient (Wildman–Crippen LogP) is 1.04. The zero-order chi connectivity index (χ0) is 19.7. The Hall–Kier alpha value is -2.49. The molecule has 0 atom stereocenters. The number of sulfonamides is 1. The number of furan rings is 1. The Morgan fingerprint density at radius 3 is 2.61 bits per heavy atom. The number of piperazine rings is 1. The Labute approximate surface area is 163 Å². The maximum atomic E-state index is 13.0. The zero-order valence-corrected chi connectivity index (χ0v) is 16.7. The van der Waals surface area contributed by atoms with E-state index in [0.29, 0.717) is 55.2 Å². The SMILES string of the molecule is Cc1ccc(S(=O)(=O)N2CC[NH+](Cc3nnc(-c4ccco4)o3)CC2)c(C)c1. The van der Waals surface area contributed by atoms with Crippen LogP contribution >= 0.6 is 0 Å². The van der Waals surface area contributed by atoms with Gasteiger partial charge in [0.1, 0.15) is 0 Å². The second kappa shape index (κ2) is 7.50. The normalized spacial score (nSPS) is 16.5. The van der Waals surface area contributed by atoms with Gasteiger partial charge < -0.3 is 13.7 Å². The number of nitrogens with one attached hydrogen (secondary N) is 1. The van der Waals surface area contributed by atoms with Crippen molar-refractivity contribution in [3.05, 3.63) is 53.6 Å². The minimum absolute atomic E-state index is 0.357. The molecule has 148 valence electrons. The lowest BCUT2D eigenvalue weighted by Gasteiger charge is -2.31. The summed E-state index contributed by atoms with van der Waals surface area (Å²) in [6, 6.07) is 8.97. The van der Waals surface area contributed by atoms with Crippen LogP contribution in [0.4, 0.5) is 0 Å². The molecule has 1 fully saturated rings. The lowest BCUT2D eigenvalue weighted by Crippen LogP contribution is -3.13. The Balaban J connectivity index is 1.39. The van der Waals surface area contributed by atoms with Crippen molar-refractivity contribution in [3.63, 3.8) is 0 Å². The number of benzene rings is 1. The fraction of sp³-hybridized carbons (Fsp3) is 0.368. The summed E-state index contributed by atoms with van der Waals surface area (Å²) in [5.74, 6) is 1.42. The van der Waals surface area contributed by atoms with Gasteiger partial charge in [0.15, 0.2) is 12.3 Å². The van der Waals surface area contributed by atoms with Crippen LogP contribution in [0.2, 0.25) is 0 Å². The van der Waals surface area contributed by atoms with Crippen LogP contribution < -0.4 is 4.90 Å². The summed E-state index contributed by atoms with van der Waals surface area (Å²) in [4.78, 5) is 1.60. The van der Waals surface area contributed by atoms with Crippen LogP contribution in [0, 0.1) is 13.8 Å². The molecule has 4 rings (SSSR count). The van der Waals surface area contributed by atoms with E-state index in [4.69, 9.17) is 8.83 Å². The number of hydrogen-bond acceptors (Lipinski definition) is 6. The summed E-state index contributed by atoms with van der Waals surface area (Å²) >= 11 is 0. The Bertz CT molecular complexity index is 1050. The first-order valence-electron chi connectivity index (χ1n) is 9.21. The largest absolute Gasteiger partial charge is 0.459 e. The van der Waals surface area contributed by atoms with Crippen molar-refractivity contribution >= 4 is 10.0 Å². The van der Waals surface area contributed by atoms with Crippen LogP contribution in [-0.2, 0) is 16.6 Å². The molecule has 2 aromatic heterocycles. The van der Waals surface area contributed by atoms with Gasteiger partial charge >= 0.3 is 0 Å². The van der Waals surface area contributed by atoms with Gasteiger partial charge in [-0.2, -0.15) is 4.31 Å². The molecule has 0 aliphatic carbocycles. The molecule has 3 heterocycles. The predicted molar refractivity (Wildman–Crippen MR) is 101 cm³/mol. The van der Waals surface area contributed by atoms with E-state index in [0.717, 1.165) is 11.1 Å². The summed E-state index contributed by atoms with van der Waals surface area (Å²) in [5.41, 5.74) is 1.84. The summed E-state index contributed by atoms with van der Waals surface area (Å²) in [7, 11) is -3.48. The highest BCUT2D eigenvalue weighted by Crippen LogP contribution is 2.21. The minimum atomic E-state index is -3.48. The summed E-state index contributed by atoms with van der Waals surface area (Å²) in [5, 5.41) is 8.08. The first-order valence-corrected chi connectivity index (χ1v) is 10.6. The van der Waals surface area contributed by atoms with Crippen molar-refractivity contribution in [2.45, 2.75) is 25.3 Å². The molecule has 0 bridgehead atoms. The summed E-state index contributed by atoms with van der Waals surface area (Å²) < 4.78 is 38.4. The van der Waals surface area contributed by atoms with E-state index in [1.54, 1.807) is 28.8 Å². The van der Waals surface area contributed by atoms with Crippen molar-refractivity contribution in [2.75, 3.05) is 26.2 Å². The molecule has 1 saturated heterocycles. The van der Waals surface area contributed by atoms with Crippen molar-refractivity contribution in [1.29, 1.82) is 0 Å². The van der Waals surface area contributed by atoms with E-state index in [-0.39, 0.29) is 0 Å². The second-order valence-corrected chi connectivity index (χ2v) is 8.98. The maximum absolute atomic E-state index is 13.0. The maximum Gasteiger partial charge on any atom is 0.283 e. The molecule has 3 aromatic rings. The fourth-order valence-corrected chi connectivity index (χ4v) is 5.13. The standard InChI is InChI=1S/C19H22N4O4S/c1-14-5-6-17(15(2)12-14)28(24,25)23-9-7-22(8-10-23)13-18-20-21-19(27-18)16-4-3-11-26-16/h3-6,11-12H,7-10,13H2,1-2H3/p+1. The van der Waals surface area contributed by atoms with E-state index >= 15 is 0 Å². The number of nitrogens with zero attached hydrogens (tertiary/aromatic N) is 3. The van der Waals surface area contributed by atoms with Gasteiger partial charge in [-0.25, -0.2) is 8.42 Å². The van der Waals surface area contributed by atoms with Crippen LogP contribution in [0.15, 0.2) is 50.3 Å². The van der Waals surface area contributed by atoms with E-state index < -0.39 is 10.0 Å². The monoisotopic (exact) mass is 403 g/mol. The average Bonchev–Trinajstić information content (AvgIpc) is 3.33. The zero-order valence-electron chi connectivity index (χ0n) is 15.9. The first-order chi connectivity index (χ1) is 13.4. The average molecular weight is 403 g/mol. The molecule has 0 spiro atoms. The Kier molecular flexibility index (Phi) is 5.05. The van der Waals surface area contributed by atoms with Crippen molar-refractivity contribution in [3.8, 4) is 11.7 Å². The van der Waals surface area contributed by atoms with Crippen LogP contribution in [0.3, 0.4) is 0 Å². The molecule has 0 unspecified atom stereocenters. The van der Waals surface area contributed by atoms with Crippen molar-refractivity contribution in [1.82, 2.24) is 14.5 Å². The third-order valence-corrected chi connectivity index (χ3v) is 7.04.